The van der Waals surface area contributed by atoms with E-state index in [2.05, 4.69) is 34.3 Å². The van der Waals surface area contributed by atoms with Crippen LogP contribution in [-0.4, -0.2) is 87.1 Å². The van der Waals surface area contributed by atoms with Gasteiger partial charge in [-0.25, -0.2) is 14.6 Å². The van der Waals surface area contributed by atoms with Gasteiger partial charge in [0.05, 0.1) is 27.9 Å². The third kappa shape index (κ3) is 8.55. The lowest BCUT2D eigenvalue weighted by Gasteiger charge is -2.35. The second-order valence-electron chi connectivity index (χ2n) is 16.8. The minimum atomic E-state index is -0.936. The zero-order valence-electron chi connectivity index (χ0n) is 33.1. The molecular weight excluding hydrogens is 734 g/mol. The van der Waals surface area contributed by atoms with Gasteiger partial charge in [-0.1, -0.05) is 23.7 Å². The lowest BCUT2D eigenvalue weighted by atomic mass is 9.90. The van der Waals surface area contributed by atoms with E-state index in [9.17, 15) is 9.59 Å². The molecule has 10 nitrogen and oxygen atoms in total. The molecule has 0 aliphatic carbocycles. The van der Waals surface area contributed by atoms with Crippen molar-refractivity contribution in [2.75, 3.05) is 32.8 Å². The van der Waals surface area contributed by atoms with Gasteiger partial charge in [0, 0.05) is 57.8 Å². The number of hydrogen-bond acceptors (Lipinski definition) is 9. The quantitative estimate of drug-likeness (QED) is 0.155. The number of aryl methyl sites for hydroxylation is 1. The second kappa shape index (κ2) is 15.5. The number of carbonyl (C=O) groups is 2. The number of carbonyl (C=O) groups excluding carboxylic acids is 2. The van der Waals surface area contributed by atoms with Crippen LogP contribution in [0.15, 0.2) is 48.5 Å². The van der Waals surface area contributed by atoms with Crippen LogP contribution in [0.2, 0.25) is 5.02 Å². The fourth-order valence-corrected chi connectivity index (χ4v) is 9.18. The van der Waals surface area contributed by atoms with Crippen LogP contribution in [0.25, 0.3) is 42.8 Å². The second-order valence-corrected chi connectivity index (χ2v) is 18.2. The van der Waals surface area contributed by atoms with Crippen molar-refractivity contribution in [2.45, 2.75) is 104 Å². The summed E-state index contributed by atoms with van der Waals surface area (Å²) in [5.41, 5.74) is 6.33. The van der Waals surface area contributed by atoms with E-state index in [1.165, 1.54) is 0 Å². The number of piperidine rings is 1. The summed E-state index contributed by atoms with van der Waals surface area (Å²) in [5.74, 6) is -0.0748. The van der Waals surface area contributed by atoms with Crippen LogP contribution >= 0.6 is 22.9 Å². The van der Waals surface area contributed by atoms with Gasteiger partial charge in [0.15, 0.2) is 6.10 Å². The molecule has 1 amide bonds. The fraction of sp³-hybridized carbons (Fsp3) is 0.488. The summed E-state index contributed by atoms with van der Waals surface area (Å²) in [5, 5.41) is 10.7. The number of benzene rings is 3. The number of nitrogens with zero attached hydrogens (tertiary/aromatic N) is 4. The van der Waals surface area contributed by atoms with E-state index >= 15 is 0 Å². The molecule has 3 aromatic carbocycles. The first-order valence-electron chi connectivity index (χ1n) is 19.3. The summed E-state index contributed by atoms with van der Waals surface area (Å²) < 4.78 is 18.6. The first-order chi connectivity index (χ1) is 26.1. The van der Waals surface area contributed by atoms with Gasteiger partial charge in [-0.05, 0) is 135 Å². The van der Waals surface area contributed by atoms with Crippen molar-refractivity contribution in [3.8, 4) is 21.7 Å². The van der Waals surface area contributed by atoms with Crippen LogP contribution in [0, 0.1) is 6.92 Å². The molecule has 2 saturated heterocycles. The van der Waals surface area contributed by atoms with Crippen LogP contribution in [-0.2, 0) is 19.0 Å². The SMILES string of the molecule is CCOC(=O)[C@@H](OC(C)(C)C)c1c(C)cc2nc(-c3ccc4n[nH]c(C5CCN(C6CCN(C(=O)OC(C)(C)C)C6)CC5)c4c3)sc2c1-c1ccc(Cl)cc1. The number of esters is 1. The minimum Gasteiger partial charge on any atom is -0.464 e. The molecule has 55 heavy (non-hydrogen) atoms. The van der Waals surface area contributed by atoms with Crippen LogP contribution in [0.1, 0.15) is 96.6 Å². The van der Waals surface area contributed by atoms with Gasteiger partial charge in [0.2, 0.25) is 0 Å². The first-order valence-corrected chi connectivity index (χ1v) is 20.5. The van der Waals surface area contributed by atoms with Gasteiger partial charge in [-0.3, -0.25) is 10.00 Å². The van der Waals surface area contributed by atoms with E-state index in [0.29, 0.717) is 23.5 Å². The number of thiazole rings is 1. The Kier molecular flexibility index (Phi) is 11.0. The average Bonchev–Trinajstić information content (AvgIpc) is 3.88. The van der Waals surface area contributed by atoms with E-state index < -0.39 is 23.3 Å². The Labute approximate surface area is 332 Å². The zero-order valence-corrected chi connectivity index (χ0v) is 34.7. The van der Waals surface area contributed by atoms with Crippen LogP contribution in [0.5, 0.6) is 0 Å². The van der Waals surface area contributed by atoms with Gasteiger partial charge >= 0.3 is 12.1 Å². The summed E-state index contributed by atoms with van der Waals surface area (Å²) in [6.45, 7) is 19.0. The largest absolute Gasteiger partial charge is 0.464 e. The number of halogens is 1. The fourth-order valence-electron chi connectivity index (χ4n) is 7.93. The standard InChI is InChI=1S/C43H52ClN5O5S/c1-9-52-40(50)37(53-42(3,4)5)34-25(2)22-33-38(35(34)26-10-13-29(44)14-11-26)55-39(45-33)28-12-15-32-31(23-28)36(47-46-32)27-16-19-48(20-17-27)30-18-21-49(24-30)41(51)54-43(6,7)8/h10-15,22-23,27,30,37H,9,16-21,24H2,1-8H3,(H,46,47)/t30?,37-/m0/s1. The average molecular weight is 786 g/mol. The molecule has 2 aliphatic heterocycles. The lowest BCUT2D eigenvalue weighted by Crippen LogP contribution is -2.43. The molecule has 1 unspecified atom stereocenters. The molecule has 2 aromatic heterocycles. The third-order valence-electron chi connectivity index (χ3n) is 10.4. The van der Waals surface area contributed by atoms with E-state index in [1.54, 1.807) is 11.3 Å². The lowest BCUT2D eigenvalue weighted by molar-refractivity contribution is -0.166. The van der Waals surface area contributed by atoms with E-state index in [-0.39, 0.29) is 12.7 Å². The summed E-state index contributed by atoms with van der Waals surface area (Å²) in [4.78, 5) is 35.9. The van der Waals surface area contributed by atoms with Gasteiger partial charge in [0.25, 0.3) is 0 Å². The topological polar surface area (TPSA) is 110 Å². The molecule has 2 aliphatic rings. The molecule has 0 radical (unpaired) electrons. The van der Waals surface area contributed by atoms with Crippen LogP contribution in [0.3, 0.4) is 0 Å². The number of fused-ring (bicyclic) bond motifs is 2. The summed E-state index contributed by atoms with van der Waals surface area (Å²) >= 11 is 7.96. The number of hydrogen-bond donors (Lipinski definition) is 1. The molecule has 2 fully saturated rings. The van der Waals surface area contributed by atoms with E-state index in [1.807, 2.05) is 84.6 Å². The van der Waals surface area contributed by atoms with E-state index in [4.69, 9.17) is 35.9 Å². The Hall–Kier alpha value is -4.03. The maximum atomic E-state index is 13.6. The van der Waals surface area contributed by atoms with Crippen LogP contribution < -0.4 is 0 Å². The highest BCUT2D eigenvalue weighted by Crippen LogP contribution is 2.45. The van der Waals surface area contributed by atoms with Crippen molar-refractivity contribution >= 4 is 56.1 Å². The summed E-state index contributed by atoms with van der Waals surface area (Å²) in [7, 11) is 0. The number of aromatic amines is 1. The number of H-pyrrole nitrogens is 1. The number of rotatable bonds is 8. The van der Waals surface area contributed by atoms with Gasteiger partial charge in [-0.2, -0.15) is 5.10 Å². The highest BCUT2D eigenvalue weighted by molar-refractivity contribution is 7.22. The molecule has 0 bridgehead atoms. The Balaban J connectivity index is 1.19. The van der Waals surface area contributed by atoms with Crippen molar-refractivity contribution in [3.05, 3.63) is 70.4 Å². The van der Waals surface area contributed by atoms with Crippen LogP contribution in [0.4, 0.5) is 4.79 Å². The maximum absolute atomic E-state index is 13.6. The molecule has 0 saturated carbocycles. The molecule has 12 heteroatoms. The summed E-state index contributed by atoms with van der Waals surface area (Å²) in [6.07, 6.45) is 1.84. The number of nitrogens with one attached hydrogen (secondary N) is 1. The Morgan fingerprint density at radius 1 is 0.945 bits per heavy atom. The Morgan fingerprint density at radius 3 is 2.33 bits per heavy atom. The molecule has 5 aromatic rings. The molecule has 7 rings (SSSR count). The molecule has 2 atom stereocenters. The van der Waals surface area contributed by atoms with Crippen molar-refractivity contribution in [2.24, 2.45) is 0 Å². The molecule has 292 valence electrons. The van der Waals surface area contributed by atoms with Crippen molar-refractivity contribution in [1.82, 2.24) is 25.0 Å². The van der Waals surface area contributed by atoms with E-state index in [0.717, 1.165) is 98.5 Å². The zero-order chi connectivity index (χ0) is 39.2. The predicted molar refractivity (Wildman–Crippen MR) is 220 cm³/mol. The summed E-state index contributed by atoms with van der Waals surface area (Å²) in [6, 6.07) is 16.5. The number of ether oxygens (including phenoxy) is 3. The minimum absolute atomic E-state index is 0.218. The van der Waals surface area contributed by atoms with Crippen molar-refractivity contribution in [3.63, 3.8) is 0 Å². The number of likely N-dealkylation sites (tertiary alicyclic amines) is 2. The number of aromatic nitrogens is 3. The molecule has 4 heterocycles. The van der Waals surface area contributed by atoms with Gasteiger partial charge in [-0.15, -0.1) is 11.3 Å². The van der Waals surface area contributed by atoms with Crippen molar-refractivity contribution in [1.29, 1.82) is 0 Å². The molecule has 0 spiro atoms. The van der Waals surface area contributed by atoms with Crippen molar-refractivity contribution < 1.29 is 23.8 Å². The first kappa shape index (κ1) is 39.2. The number of amides is 1. The highest BCUT2D eigenvalue weighted by atomic mass is 35.5. The monoisotopic (exact) mass is 785 g/mol. The third-order valence-corrected chi connectivity index (χ3v) is 11.8. The maximum Gasteiger partial charge on any atom is 0.410 e. The predicted octanol–water partition coefficient (Wildman–Crippen LogP) is 10.1. The van der Waals surface area contributed by atoms with Gasteiger partial charge < -0.3 is 19.1 Å². The Bertz CT molecular complexity index is 2190. The normalized spacial score (nSPS) is 18.0. The van der Waals surface area contributed by atoms with Gasteiger partial charge in [0.1, 0.15) is 10.6 Å². The highest BCUT2D eigenvalue weighted by Gasteiger charge is 2.36. The smallest absolute Gasteiger partial charge is 0.410 e. The molecule has 1 N–H and O–H groups in total. The molecular formula is C43H52ClN5O5S. The Morgan fingerprint density at radius 2 is 1.65 bits per heavy atom.